The summed E-state index contributed by atoms with van der Waals surface area (Å²) in [5.41, 5.74) is 2.05. The first kappa shape index (κ1) is 5.82. The molecule has 0 spiro atoms. The van der Waals surface area contributed by atoms with Crippen molar-refractivity contribution in [1.82, 2.24) is 0 Å². The largest absolute Gasteiger partial charge is 0.284 e. The van der Waals surface area contributed by atoms with Crippen LogP contribution in [0, 0.1) is 0 Å². The lowest BCUT2D eigenvalue weighted by Crippen LogP contribution is -2.21. The summed E-state index contributed by atoms with van der Waals surface area (Å²) >= 11 is 1.05. The van der Waals surface area contributed by atoms with Gasteiger partial charge in [0, 0.05) is 0 Å². The molecule has 0 N–H and O–H groups in total. The maximum atomic E-state index is 10.7. The fourth-order valence-electron chi connectivity index (χ4n) is 0.349. The SMILES string of the molecule is CC1(C)N=[C]SC1=O. The number of hydrogen-bond acceptors (Lipinski definition) is 3. The molecule has 1 aliphatic rings. The van der Waals surface area contributed by atoms with Crippen LogP contribution in [0.5, 0.6) is 0 Å². The molecule has 0 amide bonds. The van der Waals surface area contributed by atoms with Gasteiger partial charge in [0.25, 0.3) is 0 Å². The van der Waals surface area contributed by atoms with E-state index in [2.05, 4.69) is 10.5 Å². The molecule has 0 unspecified atom stereocenters. The van der Waals surface area contributed by atoms with Gasteiger partial charge in [-0.2, -0.15) is 0 Å². The number of carbonyl (C=O) groups is 1. The van der Waals surface area contributed by atoms with Crippen molar-refractivity contribution in [3.05, 3.63) is 0 Å². The van der Waals surface area contributed by atoms with Crippen LogP contribution in [-0.2, 0) is 4.79 Å². The van der Waals surface area contributed by atoms with Gasteiger partial charge in [-0.3, -0.25) is 9.79 Å². The highest BCUT2D eigenvalue weighted by molar-refractivity contribution is 8.25. The molecule has 0 aromatic rings. The predicted molar refractivity (Wildman–Crippen MR) is 34.1 cm³/mol. The van der Waals surface area contributed by atoms with Crippen molar-refractivity contribution in [2.75, 3.05) is 0 Å². The van der Waals surface area contributed by atoms with Gasteiger partial charge in [0.15, 0.2) is 0 Å². The Morgan fingerprint density at radius 1 is 1.75 bits per heavy atom. The van der Waals surface area contributed by atoms with Gasteiger partial charge in [-0.05, 0) is 25.6 Å². The van der Waals surface area contributed by atoms with Crippen LogP contribution in [0.2, 0.25) is 0 Å². The monoisotopic (exact) mass is 128 g/mol. The first-order valence-electron chi connectivity index (χ1n) is 2.31. The van der Waals surface area contributed by atoms with Crippen LogP contribution in [0.25, 0.3) is 0 Å². The average molecular weight is 128 g/mol. The molecule has 0 atom stereocenters. The Bertz CT molecular complexity index is 151. The van der Waals surface area contributed by atoms with Crippen molar-refractivity contribution < 1.29 is 4.79 Å². The molecular weight excluding hydrogens is 122 g/mol. The summed E-state index contributed by atoms with van der Waals surface area (Å²) in [6.45, 7) is 3.56. The highest BCUT2D eigenvalue weighted by Crippen LogP contribution is 2.23. The molecule has 0 saturated heterocycles. The minimum absolute atomic E-state index is 0.0810. The molecule has 0 bridgehead atoms. The Morgan fingerprint density at radius 2 is 2.38 bits per heavy atom. The van der Waals surface area contributed by atoms with E-state index in [1.54, 1.807) is 13.8 Å². The van der Waals surface area contributed by atoms with Crippen LogP contribution in [0.1, 0.15) is 13.8 Å². The van der Waals surface area contributed by atoms with Crippen molar-refractivity contribution in [3.63, 3.8) is 0 Å². The summed E-state index contributed by atoms with van der Waals surface area (Å²) in [5, 5.41) is 0.0810. The zero-order chi connectivity index (χ0) is 6.20. The molecule has 0 saturated carbocycles. The van der Waals surface area contributed by atoms with Crippen molar-refractivity contribution in [1.29, 1.82) is 0 Å². The third-order valence-electron chi connectivity index (χ3n) is 0.963. The van der Waals surface area contributed by atoms with Gasteiger partial charge in [0.05, 0.1) is 0 Å². The average Bonchev–Trinajstić information content (AvgIpc) is 1.86. The number of rotatable bonds is 0. The molecule has 1 heterocycles. The van der Waals surface area contributed by atoms with Crippen molar-refractivity contribution in [3.8, 4) is 0 Å². The second-order valence-electron chi connectivity index (χ2n) is 2.15. The second-order valence-corrected chi connectivity index (χ2v) is 2.91. The summed E-state index contributed by atoms with van der Waals surface area (Å²) in [6, 6.07) is 0. The fraction of sp³-hybridized carbons (Fsp3) is 0.600. The lowest BCUT2D eigenvalue weighted by atomic mass is 10.1. The third-order valence-corrected chi connectivity index (χ3v) is 1.83. The number of thioether (sulfide) groups is 1. The summed E-state index contributed by atoms with van der Waals surface area (Å²) < 4.78 is 0. The second kappa shape index (κ2) is 1.58. The molecule has 3 heteroatoms. The van der Waals surface area contributed by atoms with E-state index in [4.69, 9.17) is 0 Å². The first-order valence-corrected chi connectivity index (χ1v) is 3.13. The minimum Gasteiger partial charge on any atom is -0.284 e. The van der Waals surface area contributed by atoms with E-state index < -0.39 is 5.54 Å². The van der Waals surface area contributed by atoms with Crippen LogP contribution in [0.3, 0.4) is 0 Å². The Morgan fingerprint density at radius 3 is 2.50 bits per heavy atom. The van der Waals surface area contributed by atoms with Crippen molar-refractivity contribution >= 4 is 22.4 Å². The quantitative estimate of drug-likeness (QED) is 0.486. The Kier molecular flexibility index (Phi) is 1.15. The van der Waals surface area contributed by atoms with Crippen LogP contribution in [0.15, 0.2) is 4.99 Å². The molecule has 8 heavy (non-hydrogen) atoms. The van der Waals surface area contributed by atoms with E-state index in [-0.39, 0.29) is 5.12 Å². The number of carbonyl (C=O) groups excluding carboxylic acids is 1. The maximum Gasteiger partial charge on any atom is 0.222 e. The number of nitrogens with zero attached hydrogens (tertiary/aromatic N) is 1. The Labute approximate surface area is 52.4 Å². The lowest BCUT2D eigenvalue weighted by Gasteiger charge is -2.07. The molecule has 0 aromatic carbocycles. The molecule has 0 fully saturated rings. The van der Waals surface area contributed by atoms with Gasteiger partial charge < -0.3 is 0 Å². The van der Waals surface area contributed by atoms with E-state index in [1.807, 2.05) is 0 Å². The molecule has 1 aliphatic heterocycles. The van der Waals surface area contributed by atoms with Crippen LogP contribution < -0.4 is 0 Å². The van der Waals surface area contributed by atoms with E-state index in [0.717, 1.165) is 11.8 Å². The van der Waals surface area contributed by atoms with Gasteiger partial charge in [-0.15, -0.1) is 0 Å². The van der Waals surface area contributed by atoms with E-state index in [9.17, 15) is 4.79 Å². The normalized spacial score (nSPS) is 24.5. The summed E-state index contributed by atoms with van der Waals surface area (Å²) in [4.78, 5) is 14.5. The molecular formula is C5H6NOS. The summed E-state index contributed by atoms with van der Waals surface area (Å²) in [5.74, 6) is 0. The lowest BCUT2D eigenvalue weighted by molar-refractivity contribution is -0.114. The molecule has 0 aromatic heterocycles. The van der Waals surface area contributed by atoms with E-state index in [0.29, 0.717) is 0 Å². The Hall–Kier alpha value is -0.310. The van der Waals surface area contributed by atoms with Crippen molar-refractivity contribution in [2.45, 2.75) is 19.4 Å². The third kappa shape index (κ3) is 0.777. The Balaban J connectivity index is 2.82. The number of hydrogen-bond donors (Lipinski definition) is 0. The van der Waals surface area contributed by atoms with E-state index in [1.165, 1.54) is 0 Å². The van der Waals surface area contributed by atoms with Crippen LogP contribution in [-0.4, -0.2) is 16.2 Å². The molecule has 1 radical (unpaired) electrons. The van der Waals surface area contributed by atoms with Gasteiger partial charge >= 0.3 is 0 Å². The molecule has 1 rings (SSSR count). The molecule has 43 valence electrons. The van der Waals surface area contributed by atoms with Crippen LogP contribution in [0.4, 0.5) is 0 Å². The zero-order valence-corrected chi connectivity index (χ0v) is 5.58. The zero-order valence-electron chi connectivity index (χ0n) is 4.76. The molecule has 0 aliphatic carbocycles. The summed E-state index contributed by atoms with van der Waals surface area (Å²) in [7, 11) is 0. The topological polar surface area (TPSA) is 29.4 Å². The standard InChI is InChI=1S/C5H6NOS/c1-5(2)4(7)8-3-6-5/h1-2H3. The van der Waals surface area contributed by atoms with Gasteiger partial charge in [-0.25, -0.2) is 0 Å². The maximum absolute atomic E-state index is 10.7. The van der Waals surface area contributed by atoms with E-state index >= 15 is 0 Å². The first-order chi connectivity index (χ1) is 3.63. The van der Waals surface area contributed by atoms with Gasteiger partial charge in [-0.1, -0.05) is 0 Å². The highest BCUT2D eigenvalue weighted by Gasteiger charge is 2.30. The van der Waals surface area contributed by atoms with Gasteiger partial charge in [0.2, 0.25) is 5.12 Å². The smallest absolute Gasteiger partial charge is 0.222 e. The fourth-order valence-corrected chi connectivity index (χ4v) is 1.00. The van der Waals surface area contributed by atoms with Crippen molar-refractivity contribution in [2.24, 2.45) is 4.99 Å². The minimum atomic E-state index is -0.509. The molecule has 2 nitrogen and oxygen atoms in total. The van der Waals surface area contributed by atoms with Crippen LogP contribution >= 0.6 is 11.8 Å². The highest BCUT2D eigenvalue weighted by atomic mass is 32.2. The predicted octanol–water partition coefficient (Wildman–Crippen LogP) is 0.944. The number of aliphatic imine (C=N–C) groups is 1. The summed E-state index contributed by atoms with van der Waals surface area (Å²) in [6.07, 6.45) is 0. The van der Waals surface area contributed by atoms with Gasteiger partial charge in [0.1, 0.15) is 11.1 Å².